The van der Waals surface area contributed by atoms with Gasteiger partial charge in [-0.05, 0) is 56.7 Å². The van der Waals surface area contributed by atoms with Gasteiger partial charge in [0.15, 0.2) is 0 Å². The number of hydrogen-bond acceptors (Lipinski definition) is 1. The Kier molecular flexibility index (Phi) is 4.05. The van der Waals surface area contributed by atoms with Gasteiger partial charge < -0.3 is 5.32 Å². The van der Waals surface area contributed by atoms with Gasteiger partial charge in [-0.25, -0.2) is 0 Å². The van der Waals surface area contributed by atoms with Crippen molar-refractivity contribution in [2.75, 3.05) is 6.54 Å². The molecule has 0 aliphatic carbocycles. The molecule has 98 valence electrons. The molecule has 1 fully saturated rings. The van der Waals surface area contributed by atoms with E-state index in [0.29, 0.717) is 0 Å². The molecule has 1 atom stereocenters. The molecule has 1 N–H and O–H groups in total. The standard InChI is InChI=1S/C16H23NO/c1-11-8-12(2)15(13(3)9-11)10-14-6-4-5-7-17-16(14)18/h8-9,14H,4-7,10H2,1-3H3,(H,17,18). The van der Waals surface area contributed by atoms with Gasteiger partial charge in [0, 0.05) is 12.5 Å². The van der Waals surface area contributed by atoms with Crippen LogP contribution in [0.3, 0.4) is 0 Å². The van der Waals surface area contributed by atoms with Crippen LogP contribution in [0.5, 0.6) is 0 Å². The molecule has 0 saturated carbocycles. The minimum Gasteiger partial charge on any atom is -0.356 e. The van der Waals surface area contributed by atoms with Crippen molar-refractivity contribution >= 4 is 5.91 Å². The average Bonchev–Trinajstić information content (AvgIpc) is 2.49. The molecule has 2 nitrogen and oxygen atoms in total. The molecule has 0 bridgehead atoms. The van der Waals surface area contributed by atoms with E-state index in [1.807, 2.05) is 0 Å². The summed E-state index contributed by atoms with van der Waals surface area (Å²) in [6.07, 6.45) is 4.20. The first-order chi connectivity index (χ1) is 8.58. The Morgan fingerprint density at radius 2 is 1.83 bits per heavy atom. The lowest BCUT2D eigenvalue weighted by Crippen LogP contribution is -2.30. The van der Waals surface area contributed by atoms with Crippen LogP contribution in [-0.2, 0) is 11.2 Å². The molecule has 0 spiro atoms. The molecular formula is C16H23NO. The van der Waals surface area contributed by atoms with Crippen molar-refractivity contribution in [2.24, 2.45) is 5.92 Å². The number of carbonyl (C=O) groups excluding carboxylic acids is 1. The van der Waals surface area contributed by atoms with Gasteiger partial charge in [-0.3, -0.25) is 4.79 Å². The Morgan fingerprint density at radius 3 is 2.50 bits per heavy atom. The largest absolute Gasteiger partial charge is 0.356 e. The van der Waals surface area contributed by atoms with E-state index in [4.69, 9.17) is 0 Å². The van der Waals surface area contributed by atoms with E-state index in [1.165, 1.54) is 22.3 Å². The Bertz CT molecular complexity index is 427. The number of amides is 1. The number of nitrogens with one attached hydrogen (secondary N) is 1. The Morgan fingerprint density at radius 1 is 1.17 bits per heavy atom. The maximum absolute atomic E-state index is 12.0. The lowest BCUT2D eigenvalue weighted by Gasteiger charge is -2.17. The number of aryl methyl sites for hydroxylation is 3. The van der Waals surface area contributed by atoms with Crippen LogP contribution in [0.1, 0.15) is 41.5 Å². The van der Waals surface area contributed by atoms with Crippen LogP contribution >= 0.6 is 0 Å². The van der Waals surface area contributed by atoms with E-state index in [9.17, 15) is 4.79 Å². The summed E-state index contributed by atoms with van der Waals surface area (Å²) < 4.78 is 0. The summed E-state index contributed by atoms with van der Waals surface area (Å²) in [6.45, 7) is 7.29. The Balaban J connectivity index is 2.20. The zero-order valence-corrected chi connectivity index (χ0v) is 11.7. The molecule has 1 amide bonds. The summed E-state index contributed by atoms with van der Waals surface area (Å²) in [5, 5.41) is 3.03. The fraction of sp³-hybridized carbons (Fsp3) is 0.562. The van der Waals surface area contributed by atoms with E-state index in [-0.39, 0.29) is 11.8 Å². The molecule has 0 aromatic heterocycles. The number of carbonyl (C=O) groups is 1. The molecule has 1 aromatic carbocycles. The molecule has 1 aliphatic rings. The highest BCUT2D eigenvalue weighted by molar-refractivity contribution is 5.79. The van der Waals surface area contributed by atoms with E-state index in [1.54, 1.807) is 0 Å². The van der Waals surface area contributed by atoms with Crippen molar-refractivity contribution < 1.29 is 4.79 Å². The van der Waals surface area contributed by atoms with E-state index in [0.717, 1.165) is 32.2 Å². The van der Waals surface area contributed by atoms with Crippen LogP contribution in [0.25, 0.3) is 0 Å². The maximum Gasteiger partial charge on any atom is 0.223 e. The van der Waals surface area contributed by atoms with Crippen molar-refractivity contribution in [1.29, 1.82) is 0 Å². The van der Waals surface area contributed by atoms with Crippen molar-refractivity contribution in [3.05, 3.63) is 34.4 Å². The van der Waals surface area contributed by atoms with Gasteiger partial charge in [-0.1, -0.05) is 24.1 Å². The topological polar surface area (TPSA) is 29.1 Å². The molecular weight excluding hydrogens is 222 g/mol. The Hall–Kier alpha value is -1.31. The second-order valence-electron chi connectivity index (χ2n) is 5.57. The number of hydrogen-bond donors (Lipinski definition) is 1. The number of rotatable bonds is 2. The fourth-order valence-electron chi connectivity index (χ4n) is 2.98. The minimum absolute atomic E-state index is 0.160. The fourth-order valence-corrected chi connectivity index (χ4v) is 2.98. The molecule has 2 rings (SSSR count). The van der Waals surface area contributed by atoms with Gasteiger partial charge >= 0.3 is 0 Å². The van der Waals surface area contributed by atoms with Crippen molar-refractivity contribution in [1.82, 2.24) is 5.32 Å². The monoisotopic (exact) mass is 245 g/mol. The van der Waals surface area contributed by atoms with Crippen LogP contribution in [0.2, 0.25) is 0 Å². The van der Waals surface area contributed by atoms with Crippen LogP contribution in [0, 0.1) is 26.7 Å². The highest BCUT2D eigenvalue weighted by Gasteiger charge is 2.22. The minimum atomic E-state index is 0.160. The third kappa shape index (κ3) is 2.92. The van der Waals surface area contributed by atoms with Gasteiger partial charge in [-0.2, -0.15) is 0 Å². The van der Waals surface area contributed by atoms with Crippen molar-refractivity contribution in [3.63, 3.8) is 0 Å². The van der Waals surface area contributed by atoms with Gasteiger partial charge in [0.05, 0.1) is 0 Å². The highest BCUT2D eigenvalue weighted by atomic mass is 16.1. The summed E-state index contributed by atoms with van der Waals surface area (Å²) >= 11 is 0. The molecule has 18 heavy (non-hydrogen) atoms. The highest BCUT2D eigenvalue weighted by Crippen LogP contribution is 2.23. The van der Waals surface area contributed by atoms with Crippen LogP contribution in [0.4, 0.5) is 0 Å². The van der Waals surface area contributed by atoms with Crippen LogP contribution < -0.4 is 5.32 Å². The maximum atomic E-state index is 12.0. The van der Waals surface area contributed by atoms with Gasteiger partial charge in [0.2, 0.25) is 5.91 Å². The number of benzene rings is 1. The van der Waals surface area contributed by atoms with Crippen molar-refractivity contribution in [3.8, 4) is 0 Å². The van der Waals surface area contributed by atoms with E-state index < -0.39 is 0 Å². The predicted molar refractivity (Wildman–Crippen MR) is 74.7 cm³/mol. The summed E-state index contributed by atoms with van der Waals surface area (Å²) in [5.74, 6) is 0.402. The average molecular weight is 245 g/mol. The molecule has 1 unspecified atom stereocenters. The quantitative estimate of drug-likeness (QED) is 0.852. The van der Waals surface area contributed by atoms with Crippen LogP contribution in [0.15, 0.2) is 12.1 Å². The first kappa shape index (κ1) is 13.1. The summed E-state index contributed by atoms with van der Waals surface area (Å²) in [4.78, 5) is 12.0. The molecule has 0 radical (unpaired) electrons. The molecule has 2 heteroatoms. The van der Waals surface area contributed by atoms with Gasteiger partial charge in [-0.15, -0.1) is 0 Å². The zero-order chi connectivity index (χ0) is 13.1. The zero-order valence-electron chi connectivity index (χ0n) is 11.7. The lowest BCUT2D eigenvalue weighted by atomic mass is 9.89. The van der Waals surface area contributed by atoms with E-state index >= 15 is 0 Å². The van der Waals surface area contributed by atoms with Crippen LogP contribution in [-0.4, -0.2) is 12.5 Å². The van der Waals surface area contributed by atoms with E-state index in [2.05, 4.69) is 38.2 Å². The second kappa shape index (κ2) is 5.55. The molecule has 1 aromatic rings. The van der Waals surface area contributed by atoms with Crippen molar-refractivity contribution in [2.45, 2.75) is 46.5 Å². The SMILES string of the molecule is Cc1cc(C)c(CC2CCCCNC2=O)c(C)c1. The molecule has 1 aliphatic heterocycles. The predicted octanol–water partition coefficient (Wildman–Crippen LogP) is 3.07. The Labute approximate surface area is 110 Å². The molecule has 1 saturated heterocycles. The first-order valence-electron chi connectivity index (χ1n) is 6.92. The third-order valence-electron chi connectivity index (χ3n) is 3.94. The smallest absolute Gasteiger partial charge is 0.223 e. The summed E-state index contributed by atoms with van der Waals surface area (Å²) in [5.41, 5.74) is 5.32. The summed E-state index contributed by atoms with van der Waals surface area (Å²) in [7, 11) is 0. The summed E-state index contributed by atoms with van der Waals surface area (Å²) in [6, 6.07) is 4.44. The normalized spacial score (nSPS) is 20.4. The van der Waals surface area contributed by atoms with Gasteiger partial charge in [0.25, 0.3) is 0 Å². The first-order valence-corrected chi connectivity index (χ1v) is 6.92. The second-order valence-corrected chi connectivity index (χ2v) is 5.57. The van der Waals surface area contributed by atoms with Gasteiger partial charge in [0.1, 0.15) is 0 Å². The third-order valence-corrected chi connectivity index (χ3v) is 3.94. The molecule has 1 heterocycles. The lowest BCUT2D eigenvalue weighted by molar-refractivity contribution is -0.124.